The van der Waals surface area contributed by atoms with Crippen molar-refractivity contribution >= 4 is 15.9 Å². The Balaban J connectivity index is 2.54. The molecule has 78 valence electrons. The van der Waals surface area contributed by atoms with Gasteiger partial charge in [-0.25, -0.2) is 8.78 Å². The maximum Gasteiger partial charge on any atom is 0.293 e. The van der Waals surface area contributed by atoms with Gasteiger partial charge in [0.25, 0.3) is 5.92 Å². The lowest BCUT2D eigenvalue weighted by Crippen LogP contribution is -2.34. The van der Waals surface area contributed by atoms with Crippen molar-refractivity contribution in [3.05, 3.63) is 28.7 Å². The van der Waals surface area contributed by atoms with Crippen LogP contribution in [-0.2, 0) is 0 Å². The van der Waals surface area contributed by atoms with Gasteiger partial charge in [-0.3, -0.25) is 0 Å². The number of halogens is 3. The van der Waals surface area contributed by atoms with Gasteiger partial charge in [0.05, 0.1) is 6.54 Å². The Labute approximate surface area is 89.2 Å². The molecule has 0 aliphatic rings. The van der Waals surface area contributed by atoms with Crippen LogP contribution >= 0.6 is 15.9 Å². The zero-order chi connectivity index (χ0) is 10.6. The molecule has 0 heterocycles. The molecule has 1 aromatic rings. The summed E-state index contributed by atoms with van der Waals surface area (Å²) in [6.07, 6.45) is 0. The Bertz CT molecular complexity index is 307. The second-order valence-corrected chi connectivity index (χ2v) is 3.72. The topological polar surface area (TPSA) is 35.2 Å². The molecule has 1 aromatic carbocycles. The molecule has 0 saturated carbocycles. The summed E-state index contributed by atoms with van der Waals surface area (Å²) in [5.74, 6) is -2.57. The van der Waals surface area contributed by atoms with Gasteiger partial charge in [-0.05, 0) is 18.2 Å². The third kappa shape index (κ3) is 3.59. The Morgan fingerprint density at radius 2 is 2.14 bits per heavy atom. The highest BCUT2D eigenvalue weighted by molar-refractivity contribution is 9.10. The van der Waals surface area contributed by atoms with E-state index in [0.717, 1.165) is 4.47 Å². The minimum absolute atomic E-state index is 0.396. The van der Waals surface area contributed by atoms with Crippen LogP contribution in [0.3, 0.4) is 0 Å². The zero-order valence-corrected chi connectivity index (χ0v) is 8.93. The fraction of sp³-hybridized carbons (Fsp3) is 0.333. The van der Waals surface area contributed by atoms with Crippen LogP contribution in [0.5, 0.6) is 5.75 Å². The quantitative estimate of drug-likeness (QED) is 0.908. The first-order chi connectivity index (χ1) is 6.53. The van der Waals surface area contributed by atoms with Crippen LogP contribution in [0.4, 0.5) is 8.78 Å². The van der Waals surface area contributed by atoms with Crippen molar-refractivity contribution in [1.29, 1.82) is 0 Å². The molecule has 2 nitrogen and oxygen atoms in total. The number of benzene rings is 1. The summed E-state index contributed by atoms with van der Waals surface area (Å²) in [6, 6.07) is 6.72. The Morgan fingerprint density at radius 1 is 1.43 bits per heavy atom. The third-order valence-electron chi connectivity index (χ3n) is 1.54. The minimum atomic E-state index is -2.97. The standard InChI is InChI=1S/C9H10BrF2NO/c10-7-2-1-3-8(4-7)14-6-9(11,12)5-13/h1-4H,5-6,13H2. The van der Waals surface area contributed by atoms with Crippen molar-refractivity contribution in [2.75, 3.05) is 13.2 Å². The highest BCUT2D eigenvalue weighted by Crippen LogP contribution is 2.20. The van der Waals surface area contributed by atoms with Gasteiger partial charge >= 0.3 is 0 Å². The second kappa shape index (κ2) is 4.70. The molecule has 0 spiro atoms. The lowest BCUT2D eigenvalue weighted by molar-refractivity contribution is -0.0319. The van der Waals surface area contributed by atoms with Crippen LogP contribution < -0.4 is 10.5 Å². The van der Waals surface area contributed by atoms with Gasteiger partial charge in [-0.15, -0.1) is 0 Å². The van der Waals surface area contributed by atoms with Gasteiger partial charge in [0.15, 0.2) is 6.61 Å². The zero-order valence-electron chi connectivity index (χ0n) is 7.34. The first-order valence-electron chi connectivity index (χ1n) is 4.00. The maximum atomic E-state index is 12.7. The molecule has 0 saturated heterocycles. The molecular formula is C9H10BrF2NO. The van der Waals surface area contributed by atoms with Crippen molar-refractivity contribution < 1.29 is 13.5 Å². The molecule has 0 atom stereocenters. The summed E-state index contributed by atoms with van der Waals surface area (Å²) in [5.41, 5.74) is 4.86. The largest absolute Gasteiger partial charge is 0.487 e. The van der Waals surface area contributed by atoms with Gasteiger partial charge in [-0.2, -0.15) is 0 Å². The van der Waals surface area contributed by atoms with Crippen LogP contribution in [0.25, 0.3) is 0 Å². The first-order valence-corrected chi connectivity index (χ1v) is 4.79. The number of hydrogen-bond acceptors (Lipinski definition) is 2. The number of rotatable bonds is 4. The lowest BCUT2D eigenvalue weighted by Gasteiger charge is -2.14. The minimum Gasteiger partial charge on any atom is -0.487 e. The molecule has 0 aromatic heterocycles. The van der Waals surface area contributed by atoms with E-state index in [-0.39, 0.29) is 0 Å². The SMILES string of the molecule is NCC(F)(F)COc1cccc(Br)c1. The number of alkyl halides is 2. The van der Waals surface area contributed by atoms with E-state index >= 15 is 0 Å². The summed E-state index contributed by atoms with van der Waals surface area (Å²) in [6.45, 7) is -1.40. The average molecular weight is 266 g/mol. The smallest absolute Gasteiger partial charge is 0.293 e. The number of nitrogens with two attached hydrogens (primary N) is 1. The first kappa shape index (κ1) is 11.4. The van der Waals surface area contributed by atoms with E-state index in [2.05, 4.69) is 15.9 Å². The molecule has 14 heavy (non-hydrogen) atoms. The van der Waals surface area contributed by atoms with E-state index in [1.807, 2.05) is 0 Å². The molecule has 0 bridgehead atoms. The average Bonchev–Trinajstić information content (AvgIpc) is 2.15. The number of hydrogen-bond donors (Lipinski definition) is 1. The van der Waals surface area contributed by atoms with E-state index < -0.39 is 19.1 Å². The van der Waals surface area contributed by atoms with E-state index in [4.69, 9.17) is 10.5 Å². The molecule has 0 radical (unpaired) electrons. The molecule has 0 amide bonds. The van der Waals surface area contributed by atoms with Gasteiger partial charge in [0, 0.05) is 4.47 Å². The summed E-state index contributed by atoms with van der Waals surface area (Å²) >= 11 is 3.21. The van der Waals surface area contributed by atoms with Crippen LogP contribution in [0.2, 0.25) is 0 Å². The predicted octanol–water partition coefficient (Wildman–Crippen LogP) is 2.42. The predicted molar refractivity (Wildman–Crippen MR) is 53.6 cm³/mol. The van der Waals surface area contributed by atoms with Crippen LogP contribution in [0.1, 0.15) is 0 Å². The van der Waals surface area contributed by atoms with Gasteiger partial charge in [0.2, 0.25) is 0 Å². The maximum absolute atomic E-state index is 12.7. The molecule has 2 N–H and O–H groups in total. The Kier molecular flexibility index (Phi) is 3.83. The van der Waals surface area contributed by atoms with Crippen molar-refractivity contribution in [1.82, 2.24) is 0 Å². The molecule has 0 aliphatic heterocycles. The third-order valence-corrected chi connectivity index (χ3v) is 2.04. The van der Waals surface area contributed by atoms with Gasteiger partial charge in [0.1, 0.15) is 5.75 Å². The monoisotopic (exact) mass is 265 g/mol. The molecule has 0 fully saturated rings. The van der Waals surface area contributed by atoms with Gasteiger partial charge in [-0.1, -0.05) is 22.0 Å². The van der Waals surface area contributed by atoms with Gasteiger partial charge < -0.3 is 10.5 Å². The lowest BCUT2D eigenvalue weighted by atomic mass is 10.3. The number of ether oxygens (including phenoxy) is 1. The normalized spacial score (nSPS) is 11.4. The highest BCUT2D eigenvalue weighted by atomic mass is 79.9. The fourth-order valence-electron chi connectivity index (χ4n) is 0.805. The molecule has 0 aliphatic carbocycles. The summed E-state index contributed by atoms with van der Waals surface area (Å²) in [5, 5.41) is 0. The van der Waals surface area contributed by atoms with E-state index in [0.29, 0.717) is 5.75 Å². The van der Waals surface area contributed by atoms with E-state index in [1.165, 1.54) is 0 Å². The van der Waals surface area contributed by atoms with E-state index in [9.17, 15) is 8.78 Å². The van der Waals surface area contributed by atoms with Crippen molar-refractivity contribution in [3.63, 3.8) is 0 Å². The summed E-state index contributed by atoms with van der Waals surface area (Å²) in [7, 11) is 0. The summed E-state index contributed by atoms with van der Waals surface area (Å²) < 4.78 is 31.0. The van der Waals surface area contributed by atoms with Crippen molar-refractivity contribution in [2.45, 2.75) is 5.92 Å². The van der Waals surface area contributed by atoms with Crippen LogP contribution in [0, 0.1) is 0 Å². The highest BCUT2D eigenvalue weighted by Gasteiger charge is 2.27. The Hall–Kier alpha value is -0.680. The van der Waals surface area contributed by atoms with Crippen LogP contribution in [-0.4, -0.2) is 19.1 Å². The van der Waals surface area contributed by atoms with Crippen molar-refractivity contribution in [2.24, 2.45) is 5.73 Å². The summed E-state index contributed by atoms with van der Waals surface area (Å²) in [4.78, 5) is 0. The van der Waals surface area contributed by atoms with Crippen LogP contribution in [0.15, 0.2) is 28.7 Å². The second-order valence-electron chi connectivity index (χ2n) is 2.81. The van der Waals surface area contributed by atoms with Crippen molar-refractivity contribution in [3.8, 4) is 5.75 Å². The molecule has 5 heteroatoms. The molecule has 1 rings (SSSR count). The van der Waals surface area contributed by atoms with E-state index in [1.54, 1.807) is 24.3 Å². The fourth-order valence-corrected chi connectivity index (χ4v) is 1.18. The Morgan fingerprint density at radius 3 is 2.71 bits per heavy atom. The molecule has 0 unspecified atom stereocenters. The molecular weight excluding hydrogens is 256 g/mol.